The van der Waals surface area contributed by atoms with Gasteiger partial charge in [-0.05, 0) is 60.5 Å². The molecule has 0 aliphatic carbocycles. The van der Waals surface area contributed by atoms with Gasteiger partial charge < -0.3 is 24.6 Å². The van der Waals surface area contributed by atoms with E-state index in [9.17, 15) is 24.6 Å². The molecule has 0 radical (unpaired) electrons. The Morgan fingerprint density at radius 3 is 2.46 bits per heavy atom. The van der Waals surface area contributed by atoms with Gasteiger partial charge in [-0.15, -0.1) is 0 Å². The highest BCUT2D eigenvalue weighted by molar-refractivity contribution is 6.51. The van der Waals surface area contributed by atoms with Gasteiger partial charge in [-0.1, -0.05) is 24.3 Å². The molecule has 1 fully saturated rings. The summed E-state index contributed by atoms with van der Waals surface area (Å²) in [6, 6.07) is 17.0. The molecule has 5 rings (SSSR count). The van der Waals surface area contributed by atoms with Crippen LogP contribution in [0, 0.1) is 0 Å². The average Bonchev–Trinajstić information content (AvgIpc) is 3.19. The Morgan fingerprint density at radius 2 is 1.77 bits per heavy atom. The molecule has 1 atom stereocenters. The highest BCUT2D eigenvalue weighted by atomic mass is 16.5. The smallest absolute Gasteiger partial charge is 0.310 e. The first-order valence-electron chi connectivity index (χ1n) is 12.6. The Balaban J connectivity index is 1.59. The van der Waals surface area contributed by atoms with Crippen molar-refractivity contribution < 1.29 is 34.1 Å². The number of hydrogen-bond donors (Lipinski definition) is 2. The predicted molar refractivity (Wildman–Crippen MR) is 145 cm³/mol. The Hall–Kier alpha value is -4.79. The van der Waals surface area contributed by atoms with Crippen LogP contribution in [0.25, 0.3) is 5.76 Å². The van der Waals surface area contributed by atoms with Crippen molar-refractivity contribution in [2.24, 2.45) is 0 Å². The second-order valence-corrected chi connectivity index (χ2v) is 9.36. The first-order chi connectivity index (χ1) is 18.8. The van der Waals surface area contributed by atoms with E-state index in [0.29, 0.717) is 41.3 Å². The number of phenols is 1. The molecule has 1 amide bonds. The number of ketones is 1. The summed E-state index contributed by atoms with van der Waals surface area (Å²) >= 11 is 0. The van der Waals surface area contributed by atoms with Crippen molar-refractivity contribution in [3.8, 4) is 11.5 Å². The number of ether oxygens (including phenoxy) is 2. The van der Waals surface area contributed by atoms with Crippen LogP contribution in [0.4, 0.5) is 11.4 Å². The van der Waals surface area contributed by atoms with Crippen molar-refractivity contribution in [3.63, 3.8) is 0 Å². The monoisotopic (exact) mass is 528 g/mol. The lowest BCUT2D eigenvalue weighted by atomic mass is 9.94. The van der Waals surface area contributed by atoms with Gasteiger partial charge in [-0.2, -0.15) is 0 Å². The number of hydrogen-bond acceptors (Lipinski definition) is 8. The quantitative estimate of drug-likeness (QED) is 0.214. The van der Waals surface area contributed by atoms with Crippen LogP contribution in [0.3, 0.4) is 0 Å². The second-order valence-electron chi connectivity index (χ2n) is 9.36. The van der Waals surface area contributed by atoms with Crippen LogP contribution in [0.5, 0.6) is 11.5 Å². The normalized spacial score (nSPS) is 18.1. The number of rotatable bonds is 6. The van der Waals surface area contributed by atoms with Crippen LogP contribution >= 0.6 is 0 Å². The molecule has 1 unspecified atom stereocenters. The lowest BCUT2D eigenvalue weighted by Crippen LogP contribution is -2.29. The van der Waals surface area contributed by atoms with E-state index < -0.39 is 17.7 Å². The standard InChI is InChI=1S/C30H28N2O7/c1-3-38-25(34)16-18-4-9-21(10-5-18)32-27(19-6-11-22(33)12-7-19)26(29(36)30(32)37)28(35)20-8-13-24-23(17-20)31(2)14-15-39-24/h4-13,17,27,33,35H,3,14-16H2,1-2H3/b28-26-. The number of aromatic hydroxyl groups is 1. The minimum atomic E-state index is -0.952. The Kier molecular flexibility index (Phi) is 6.98. The molecule has 2 aliphatic heterocycles. The molecule has 0 spiro atoms. The molecule has 0 saturated carbocycles. The van der Waals surface area contributed by atoms with Gasteiger partial charge in [0.25, 0.3) is 11.7 Å². The summed E-state index contributed by atoms with van der Waals surface area (Å²) in [6.07, 6.45) is 0.0742. The van der Waals surface area contributed by atoms with E-state index in [2.05, 4.69) is 0 Å². The highest BCUT2D eigenvalue weighted by Crippen LogP contribution is 2.43. The number of aliphatic hydroxyl groups excluding tert-OH is 1. The van der Waals surface area contributed by atoms with Gasteiger partial charge in [0, 0.05) is 18.3 Å². The van der Waals surface area contributed by atoms with Crippen LogP contribution in [-0.2, 0) is 25.5 Å². The molecule has 0 bridgehead atoms. The summed E-state index contributed by atoms with van der Waals surface area (Å²) in [7, 11) is 1.91. The molecule has 2 aliphatic rings. The van der Waals surface area contributed by atoms with E-state index in [1.54, 1.807) is 61.5 Å². The zero-order valence-corrected chi connectivity index (χ0v) is 21.6. The number of esters is 1. The molecular weight excluding hydrogens is 500 g/mol. The Bertz CT molecular complexity index is 1460. The third kappa shape index (κ3) is 4.90. The number of benzene rings is 3. The lowest BCUT2D eigenvalue weighted by molar-refractivity contribution is -0.142. The largest absolute Gasteiger partial charge is 0.508 e. The van der Waals surface area contributed by atoms with Gasteiger partial charge in [0.1, 0.15) is 23.9 Å². The molecule has 3 aromatic carbocycles. The first-order valence-corrected chi connectivity index (χ1v) is 12.6. The molecule has 2 heterocycles. The zero-order chi connectivity index (χ0) is 27.7. The SMILES string of the molecule is CCOC(=O)Cc1ccc(N2C(=O)C(=O)/C(=C(\O)c3ccc4c(c3)N(C)CCO4)C2c2ccc(O)cc2)cc1. The molecular formula is C30H28N2O7. The maximum atomic E-state index is 13.4. The molecule has 3 aromatic rings. The van der Waals surface area contributed by atoms with Crippen molar-refractivity contribution in [2.45, 2.75) is 19.4 Å². The van der Waals surface area contributed by atoms with Crippen LogP contribution in [0.2, 0.25) is 0 Å². The molecule has 9 heteroatoms. The van der Waals surface area contributed by atoms with E-state index in [4.69, 9.17) is 9.47 Å². The maximum absolute atomic E-state index is 13.4. The lowest BCUT2D eigenvalue weighted by Gasteiger charge is -2.28. The third-order valence-corrected chi connectivity index (χ3v) is 6.85. The second kappa shape index (κ2) is 10.5. The van der Waals surface area contributed by atoms with Crippen LogP contribution in [0.15, 0.2) is 72.3 Å². The Labute approximate surface area is 225 Å². The van der Waals surface area contributed by atoms with E-state index in [1.807, 2.05) is 11.9 Å². The molecule has 2 N–H and O–H groups in total. The van der Waals surface area contributed by atoms with Crippen LogP contribution in [0.1, 0.15) is 29.7 Å². The topological polar surface area (TPSA) is 117 Å². The van der Waals surface area contributed by atoms with Gasteiger partial charge in [0.2, 0.25) is 0 Å². The number of phenolic OH excluding ortho intramolecular Hbond substituents is 1. The van der Waals surface area contributed by atoms with Crippen LogP contribution in [-0.4, -0.2) is 54.7 Å². The number of likely N-dealkylation sites (N-methyl/N-ethyl adjacent to an activating group) is 1. The maximum Gasteiger partial charge on any atom is 0.310 e. The van der Waals surface area contributed by atoms with E-state index in [-0.39, 0.29) is 36.1 Å². The van der Waals surface area contributed by atoms with Crippen molar-refractivity contribution in [1.82, 2.24) is 0 Å². The van der Waals surface area contributed by atoms with Gasteiger partial charge >= 0.3 is 5.97 Å². The van der Waals surface area contributed by atoms with Gasteiger partial charge in [0.15, 0.2) is 0 Å². The molecule has 9 nitrogen and oxygen atoms in total. The minimum absolute atomic E-state index is 0.0248. The van der Waals surface area contributed by atoms with Gasteiger partial charge in [-0.25, -0.2) is 0 Å². The summed E-state index contributed by atoms with van der Waals surface area (Å²) in [6.45, 7) is 3.22. The van der Waals surface area contributed by atoms with Crippen LogP contribution < -0.4 is 14.5 Å². The van der Waals surface area contributed by atoms with Crippen molar-refractivity contribution in [1.29, 1.82) is 0 Å². The van der Waals surface area contributed by atoms with Gasteiger partial charge in [-0.3, -0.25) is 19.3 Å². The number of aliphatic hydroxyl groups is 1. The summed E-state index contributed by atoms with van der Waals surface area (Å²) in [5.74, 6) is -1.62. The molecule has 1 saturated heterocycles. The van der Waals surface area contributed by atoms with Gasteiger partial charge in [0.05, 0.1) is 36.9 Å². The highest BCUT2D eigenvalue weighted by Gasteiger charge is 2.47. The fourth-order valence-electron chi connectivity index (χ4n) is 4.88. The summed E-state index contributed by atoms with van der Waals surface area (Å²) in [5.41, 5.74) is 2.70. The van der Waals surface area contributed by atoms with Crippen molar-refractivity contribution in [3.05, 3.63) is 89.0 Å². The number of Topliss-reactive ketones (excluding diaryl/α,β-unsaturated/α-hetero) is 1. The number of nitrogens with zero attached hydrogens (tertiary/aromatic N) is 2. The Morgan fingerprint density at radius 1 is 1.05 bits per heavy atom. The number of fused-ring (bicyclic) bond motifs is 1. The van der Waals surface area contributed by atoms with Crippen molar-refractivity contribution in [2.75, 3.05) is 36.6 Å². The fourth-order valence-corrected chi connectivity index (χ4v) is 4.88. The van der Waals surface area contributed by atoms with E-state index in [0.717, 1.165) is 5.69 Å². The molecule has 200 valence electrons. The predicted octanol–water partition coefficient (Wildman–Crippen LogP) is 3.95. The minimum Gasteiger partial charge on any atom is -0.508 e. The summed E-state index contributed by atoms with van der Waals surface area (Å²) in [4.78, 5) is 42.0. The zero-order valence-electron chi connectivity index (χ0n) is 21.6. The summed E-state index contributed by atoms with van der Waals surface area (Å²) in [5, 5.41) is 21.3. The number of carbonyl (C=O) groups excluding carboxylic acids is 3. The number of amides is 1. The number of carbonyl (C=O) groups is 3. The number of anilines is 2. The van der Waals surface area contributed by atoms with Crippen molar-refractivity contribution >= 4 is 34.8 Å². The van der Waals surface area contributed by atoms with E-state index >= 15 is 0 Å². The third-order valence-electron chi connectivity index (χ3n) is 6.85. The average molecular weight is 529 g/mol. The molecule has 39 heavy (non-hydrogen) atoms. The fraction of sp³-hybridized carbons (Fsp3) is 0.233. The van der Waals surface area contributed by atoms with E-state index in [1.165, 1.54) is 17.0 Å². The molecule has 0 aromatic heterocycles. The first kappa shape index (κ1) is 25.8. The summed E-state index contributed by atoms with van der Waals surface area (Å²) < 4.78 is 10.7.